The summed E-state index contributed by atoms with van der Waals surface area (Å²) in [7, 11) is 0. The predicted octanol–water partition coefficient (Wildman–Crippen LogP) is 3.47. The first-order valence-electron chi connectivity index (χ1n) is 5.60. The third-order valence-electron chi connectivity index (χ3n) is 2.72. The minimum atomic E-state index is -0.831. The second-order valence-electron chi connectivity index (χ2n) is 4.18. The molecule has 0 aliphatic carbocycles. The zero-order valence-electron chi connectivity index (χ0n) is 10.0. The van der Waals surface area contributed by atoms with Crippen molar-refractivity contribution in [3.8, 4) is 0 Å². The van der Waals surface area contributed by atoms with Crippen molar-refractivity contribution < 1.29 is 8.78 Å². The topological polar surface area (TPSA) is 38.0 Å². The standard InChI is InChI=1S/C14H14F2N2/c1-9-6-11(17)3-5-14(9)18-8-10-2-4-12(15)13(16)7-10/h2-7,18H,8,17H2,1H3. The Bertz CT molecular complexity index is 568. The molecule has 0 amide bonds. The molecule has 18 heavy (non-hydrogen) atoms. The minimum absolute atomic E-state index is 0.432. The molecule has 0 fully saturated rings. The molecule has 2 aromatic carbocycles. The largest absolute Gasteiger partial charge is 0.399 e. The molecule has 0 saturated heterocycles. The second kappa shape index (κ2) is 5.04. The van der Waals surface area contributed by atoms with Crippen LogP contribution in [0.2, 0.25) is 0 Å². The lowest BCUT2D eigenvalue weighted by atomic mass is 10.1. The fraction of sp³-hybridized carbons (Fsp3) is 0.143. The predicted molar refractivity (Wildman–Crippen MR) is 69.3 cm³/mol. The summed E-state index contributed by atoms with van der Waals surface area (Å²) in [5, 5.41) is 3.16. The van der Waals surface area contributed by atoms with Crippen molar-refractivity contribution in [1.29, 1.82) is 0 Å². The van der Waals surface area contributed by atoms with Crippen LogP contribution in [0.15, 0.2) is 36.4 Å². The van der Waals surface area contributed by atoms with E-state index < -0.39 is 11.6 Å². The van der Waals surface area contributed by atoms with Gasteiger partial charge in [0.15, 0.2) is 11.6 Å². The molecule has 2 rings (SSSR count). The van der Waals surface area contributed by atoms with Gasteiger partial charge in [0, 0.05) is 17.9 Å². The molecule has 3 N–H and O–H groups in total. The van der Waals surface area contributed by atoms with Gasteiger partial charge in [-0.15, -0.1) is 0 Å². The highest BCUT2D eigenvalue weighted by Crippen LogP contribution is 2.19. The number of benzene rings is 2. The molecule has 4 heteroatoms. The third kappa shape index (κ3) is 2.77. The normalized spacial score (nSPS) is 10.4. The number of nitrogen functional groups attached to an aromatic ring is 1. The first-order valence-corrected chi connectivity index (χ1v) is 5.60. The Kier molecular flexibility index (Phi) is 3.46. The molecule has 0 atom stereocenters. The molecule has 2 nitrogen and oxygen atoms in total. The zero-order valence-corrected chi connectivity index (χ0v) is 10.0. The summed E-state index contributed by atoms with van der Waals surface area (Å²) < 4.78 is 25.8. The molecule has 94 valence electrons. The summed E-state index contributed by atoms with van der Waals surface area (Å²) in [5.41, 5.74) is 8.97. The van der Waals surface area contributed by atoms with Gasteiger partial charge in [-0.05, 0) is 48.4 Å². The van der Waals surface area contributed by atoms with Crippen LogP contribution < -0.4 is 11.1 Å². The van der Waals surface area contributed by atoms with Crippen molar-refractivity contribution in [3.05, 3.63) is 59.2 Å². The Labute approximate surface area is 104 Å². The maximum atomic E-state index is 13.0. The molecule has 0 heterocycles. The fourth-order valence-electron chi connectivity index (χ4n) is 1.73. The van der Waals surface area contributed by atoms with Gasteiger partial charge in [0.05, 0.1) is 0 Å². The first-order chi connectivity index (χ1) is 8.56. The molecule has 0 unspecified atom stereocenters. The van der Waals surface area contributed by atoms with E-state index in [9.17, 15) is 8.78 Å². The highest BCUT2D eigenvalue weighted by molar-refractivity contribution is 5.57. The van der Waals surface area contributed by atoms with Crippen LogP contribution in [0.1, 0.15) is 11.1 Å². The van der Waals surface area contributed by atoms with E-state index in [4.69, 9.17) is 5.73 Å². The van der Waals surface area contributed by atoms with E-state index in [0.717, 1.165) is 17.3 Å². The summed E-state index contributed by atoms with van der Waals surface area (Å²) in [6.45, 7) is 2.37. The van der Waals surface area contributed by atoms with Crippen LogP contribution in [0, 0.1) is 18.6 Å². The molecule has 0 aliphatic heterocycles. The highest BCUT2D eigenvalue weighted by Gasteiger charge is 2.03. The van der Waals surface area contributed by atoms with Crippen LogP contribution in [0.5, 0.6) is 0 Å². The highest BCUT2D eigenvalue weighted by atomic mass is 19.2. The lowest BCUT2D eigenvalue weighted by Gasteiger charge is -2.10. The van der Waals surface area contributed by atoms with Crippen LogP contribution in [-0.2, 0) is 6.54 Å². The van der Waals surface area contributed by atoms with Crippen LogP contribution in [-0.4, -0.2) is 0 Å². The maximum absolute atomic E-state index is 13.0. The van der Waals surface area contributed by atoms with Crippen molar-refractivity contribution in [1.82, 2.24) is 0 Å². The summed E-state index contributed by atoms with van der Waals surface area (Å²) in [6, 6.07) is 9.38. The number of anilines is 2. The Morgan fingerprint density at radius 1 is 1.06 bits per heavy atom. The Morgan fingerprint density at radius 3 is 2.50 bits per heavy atom. The van der Waals surface area contributed by atoms with Gasteiger partial charge in [-0.2, -0.15) is 0 Å². The Morgan fingerprint density at radius 2 is 1.83 bits per heavy atom. The molecule has 0 aromatic heterocycles. The van der Waals surface area contributed by atoms with Crippen LogP contribution in [0.25, 0.3) is 0 Å². The number of nitrogens with two attached hydrogens (primary N) is 1. The fourth-order valence-corrected chi connectivity index (χ4v) is 1.73. The average molecular weight is 248 g/mol. The molecular weight excluding hydrogens is 234 g/mol. The Hall–Kier alpha value is -2.10. The first kappa shape index (κ1) is 12.4. The van der Waals surface area contributed by atoms with E-state index >= 15 is 0 Å². The summed E-state index contributed by atoms with van der Waals surface area (Å²) >= 11 is 0. The van der Waals surface area contributed by atoms with E-state index in [1.807, 2.05) is 19.1 Å². The van der Waals surface area contributed by atoms with Gasteiger partial charge < -0.3 is 11.1 Å². The second-order valence-corrected chi connectivity index (χ2v) is 4.18. The Balaban J connectivity index is 2.09. The number of hydrogen-bond donors (Lipinski definition) is 2. The zero-order chi connectivity index (χ0) is 13.1. The summed E-state index contributed by atoms with van der Waals surface area (Å²) in [6.07, 6.45) is 0. The molecule has 0 radical (unpaired) electrons. The van der Waals surface area contributed by atoms with E-state index in [1.54, 1.807) is 12.1 Å². The van der Waals surface area contributed by atoms with Gasteiger partial charge in [0.25, 0.3) is 0 Å². The molecule has 0 saturated carbocycles. The monoisotopic (exact) mass is 248 g/mol. The van der Waals surface area contributed by atoms with E-state index in [0.29, 0.717) is 17.8 Å². The van der Waals surface area contributed by atoms with E-state index in [2.05, 4.69) is 5.32 Å². The summed E-state index contributed by atoms with van der Waals surface area (Å²) in [4.78, 5) is 0. The number of halogens is 2. The van der Waals surface area contributed by atoms with E-state index in [1.165, 1.54) is 6.07 Å². The lowest BCUT2D eigenvalue weighted by molar-refractivity contribution is 0.507. The molecule has 2 aromatic rings. The molecule has 0 spiro atoms. The van der Waals surface area contributed by atoms with Crippen LogP contribution in [0.3, 0.4) is 0 Å². The van der Waals surface area contributed by atoms with Crippen molar-refractivity contribution in [3.63, 3.8) is 0 Å². The number of nitrogens with one attached hydrogen (secondary N) is 1. The number of aryl methyl sites for hydroxylation is 1. The van der Waals surface area contributed by atoms with Crippen molar-refractivity contribution >= 4 is 11.4 Å². The molecule has 0 aliphatic rings. The third-order valence-corrected chi connectivity index (χ3v) is 2.72. The van der Waals surface area contributed by atoms with E-state index in [-0.39, 0.29) is 0 Å². The molecule has 0 bridgehead atoms. The van der Waals surface area contributed by atoms with Gasteiger partial charge in [0.2, 0.25) is 0 Å². The smallest absolute Gasteiger partial charge is 0.159 e. The van der Waals surface area contributed by atoms with Gasteiger partial charge >= 0.3 is 0 Å². The van der Waals surface area contributed by atoms with Gasteiger partial charge in [-0.1, -0.05) is 6.07 Å². The SMILES string of the molecule is Cc1cc(N)ccc1NCc1ccc(F)c(F)c1. The lowest BCUT2D eigenvalue weighted by Crippen LogP contribution is -2.02. The van der Waals surface area contributed by atoms with Gasteiger partial charge in [-0.3, -0.25) is 0 Å². The number of rotatable bonds is 3. The van der Waals surface area contributed by atoms with Gasteiger partial charge in [0.1, 0.15) is 0 Å². The van der Waals surface area contributed by atoms with Crippen molar-refractivity contribution in [2.75, 3.05) is 11.1 Å². The van der Waals surface area contributed by atoms with Crippen LogP contribution >= 0.6 is 0 Å². The van der Waals surface area contributed by atoms with Gasteiger partial charge in [-0.25, -0.2) is 8.78 Å². The minimum Gasteiger partial charge on any atom is -0.399 e. The van der Waals surface area contributed by atoms with Crippen molar-refractivity contribution in [2.24, 2.45) is 0 Å². The molecular formula is C14H14F2N2. The number of hydrogen-bond acceptors (Lipinski definition) is 2. The summed E-state index contributed by atoms with van der Waals surface area (Å²) in [5.74, 6) is -1.66. The van der Waals surface area contributed by atoms with Crippen LogP contribution in [0.4, 0.5) is 20.2 Å². The quantitative estimate of drug-likeness (QED) is 0.816. The maximum Gasteiger partial charge on any atom is 0.159 e. The van der Waals surface area contributed by atoms with Crippen molar-refractivity contribution in [2.45, 2.75) is 13.5 Å². The average Bonchev–Trinajstić information content (AvgIpc) is 2.32.